The molecular weight excluding hydrogens is 783 g/mol. The van der Waals surface area contributed by atoms with E-state index in [4.69, 9.17) is 23.7 Å². The van der Waals surface area contributed by atoms with Crippen LogP contribution in [-0.4, -0.2) is 111 Å². The number of rotatable bonds is 17. The van der Waals surface area contributed by atoms with Gasteiger partial charge in [0.15, 0.2) is 0 Å². The normalized spacial score (nSPS) is 12.9. The summed E-state index contributed by atoms with van der Waals surface area (Å²) in [5.41, 5.74) is 1.41. The van der Waals surface area contributed by atoms with E-state index < -0.39 is 23.2 Å². The van der Waals surface area contributed by atoms with Crippen molar-refractivity contribution < 1.29 is 47.7 Å². The van der Waals surface area contributed by atoms with Crippen LogP contribution in [-0.2, 0) is 14.3 Å². The Hall–Kier alpha value is -5.99. The standard InChI is InChI=1S/C46H63N5O10/c1-32-19-22-36(39(30-32)59-28-14-10-11-18-40(52)50-24-26-51(27-25-50)44(56)61-46(5,6)7)49(8)42(54)33-20-21-35(38(31-33)57-9)48-41(53)34-16-12-13-17-37(34)58-29-15-23-47-43(55)60-45(2,3)4/h12-13,16-17,19-22,30-31H,10-11,14-15,18,23-29H2,1-9H3,(H,47,55)(H,48,53). The van der Waals surface area contributed by atoms with Crippen molar-refractivity contribution in [2.45, 2.75) is 91.8 Å². The van der Waals surface area contributed by atoms with Crippen molar-refractivity contribution in [3.63, 3.8) is 0 Å². The molecule has 3 aromatic rings. The molecule has 1 aliphatic rings. The molecule has 0 spiro atoms. The first-order chi connectivity index (χ1) is 28.8. The third kappa shape index (κ3) is 15.2. The van der Waals surface area contributed by atoms with Gasteiger partial charge in [-0.25, -0.2) is 9.59 Å². The number of carbonyl (C=O) groups is 5. The second kappa shape index (κ2) is 22.0. The minimum atomic E-state index is -0.593. The minimum absolute atomic E-state index is 0.0764. The number of benzene rings is 3. The molecule has 4 rings (SSSR count). The van der Waals surface area contributed by atoms with Crippen LogP contribution in [0.15, 0.2) is 60.7 Å². The van der Waals surface area contributed by atoms with Gasteiger partial charge in [0.05, 0.1) is 37.3 Å². The molecule has 0 saturated carbocycles. The monoisotopic (exact) mass is 845 g/mol. The summed E-state index contributed by atoms with van der Waals surface area (Å²) in [7, 11) is 3.13. The number of ether oxygens (including phenoxy) is 5. The molecule has 3 aromatic carbocycles. The highest BCUT2D eigenvalue weighted by Gasteiger charge is 2.28. The second-order valence-electron chi connectivity index (χ2n) is 16.8. The molecule has 1 saturated heterocycles. The quantitative estimate of drug-likeness (QED) is 0.128. The third-order valence-electron chi connectivity index (χ3n) is 9.43. The molecular formula is C46H63N5O10. The highest BCUT2D eigenvalue weighted by Crippen LogP contribution is 2.32. The van der Waals surface area contributed by atoms with E-state index in [9.17, 15) is 24.0 Å². The van der Waals surface area contributed by atoms with Crippen LogP contribution in [0.3, 0.4) is 0 Å². The van der Waals surface area contributed by atoms with Crippen molar-refractivity contribution in [3.05, 3.63) is 77.4 Å². The molecule has 0 atom stereocenters. The van der Waals surface area contributed by atoms with Gasteiger partial charge in [0.2, 0.25) is 5.91 Å². The van der Waals surface area contributed by atoms with Crippen molar-refractivity contribution in [3.8, 4) is 17.2 Å². The number of para-hydroxylation sites is 1. The fourth-order valence-corrected chi connectivity index (χ4v) is 6.33. The molecule has 0 aromatic heterocycles. The molecule has 0 radical (unpaired) electrons. The SMILES string of the molecule is COc1cc(C(=O)N(C)c2ccc(C)cc2OCCCCCC(=O)N2CCN(C(=O)OC(C)(C)C)CC2)ccc1NC(=O)c1ccccc1OCCCNC(=O)OC(C)(C)C. The van der Waals surface area contributed by atoms with Crippen LogP contribution in [0.25, 0.3) is 0 Å². The number of methoxy groups -OCH3 is 1. The fourth-order valence-electron chi connectivity index (χ4n) is 6.33. The van der Waals surface area contributed by atoms with Gasteiger partial charge in [0.1, 0.15) is 28.5 Å². The van der Waals surface area contributed by atoms with Crippen LogP contribution in [0.1, 0.15) is 99.9 Å². The molecule has 0 bridgehead atoms. The number of aryl methyl sites for hydroxylation is 1. The first-order valence-corrected chi connectivity index (χ1v) is 20.8. The summed E-state index contributed by atoms with van der Waals surface area (Å²) >= 11 is 0. The fraction of sp³-hybridized carbons (Fsp3) is 0.500. The van der Waals surface area contributed by atoms with Crippen molar-refractivity contribution in [2.24, 2.45) is 0 Å². The van der Waals surface area contributed by atoms with Crippen molar-refractivity contribution in [1.29, 1.82) is 0 Å². The number of hydrogen-bond donors (Lipinski definition) is 2. The average Bonchev–Trinajstić information content (AvgIpc) is 3.20. The lowest BCUT2D eigenvalue weighted by molar-refractivity contribution is -0.133. The van der Waals surface area contributed by atoms with E-state index in [1.807, 2.05) is 45.9 Å². The van der Waals surface area contributed by atoms with Crippen LogP contribution in [0.2, 0.25) is 0 Å². The van der Waals surface area contributed by atoms with Gasteiger partial charge in [-0.2, -0.15) is 0 Å². The van der Waals surface area contributed by atoms with Crippen LogP contribution in [0.5, 0.6) is 17.2 Å². The molecule has 15 nitrogen and oxygen atoms in total. The Labute approximate surface area is 360 Å². The summed E-state index contributed by atoms with van der Waals surface area (Å²) in [6, 6.07) is 17.3. The molecule has 61 heavy (non-hydrogen) atoms. The molecule has 0 aliphatic carbocycles. The molecule has 0 unspecified atom stereocenters. The topological polar surface area (TPSA) is 165 Å². The Bertz CT molecular complexity index is 1980. The van der Waals surface area contributed by atoms with Crippen LogP contribution in [0.4, 0.5) is 21.0 Å². The number of alkyl carbamates (subject to hydrolysis) is 1. The van der Waals surface area contributed by atoms with Crippen LogP contribution in [0, 0.1) is 6.92 Å². The Morgan fingerprint density at radius 3 is 2.07 bits per heavy atom. The van der Waals surface area contributed by atoms with E-state index in [0.717, 1.165) is 18.4 Å². The van der Waals surface area contributed by atoms with Crippen LogP contribution < -0.4 is 29.7 Å². The van der Waals surface area contributed by atoms with Gasteiger partial charge < -0.3 is 49.0 Å². The Kier molecular flexibility index (Phi) is 17.2. The molecule has 2 N–H and O–H groups in total. The molecule has 1 fully saturated rings. The van der Waals surface area contributed by atoms with Gasteiger partial charge in [0.25, 0.3) is 11.8 Å². The average molecular weight is 846 g/mol. The molecule has 15 heteroatoms. The van der Waals surface area contributed by atoms with E-state index in [-0.39, 0.29) is 24.5 Å². The van der Waals surface area contributed by atoms with E-state index >= 15 is 0 Å². The number of amides is 5. The van der Waals surface area contributed by atoms with Gasteiger partial charge in [0, 0.05) is 51.8 Å². The Morgan fingerprint density at radius 1 is 0.721 bits per heavy atom. The Balaban J connectivity index is 1.27. The third-order valence-corrected chi connectivity index (χ3v) is 9.43. The van der Waals surface area contributed by atoms with Gasteiger partial charge in [-0.3, -0.25) is 14.4 Å². The number of carbonyl (C=O) groups excluding carboxylic acids is 5. The smallest absolute Gasteiger partial charge is 0.410 e. The summed E-state index contributed by atoms with van der Waals surface area (Å²) in [6.07, 6.45) is 2.28. The van der Waals surface area contributed by atoms with Crippen molar-refractivity contribution >= 4 is 41.3 Å². The predicted molar refractivity (Wildman–Crippen MR) is 234 cm³/mol. The highest BCUT2D eigenvalue weighted by atomic mass is 16.6. The summed E-state index contributed by atoms with van der Waals surface area (Å²) in [6.45, 7) is 15.7. The van der Waals surface area contributed by atoms with Crippen molar-refractivity contribution in [1.82, 2.24) is 15.1 Å². The maximum atomic E-state index is 13.8. The van der Waals surface area contributed by atoms with Gasteiger partial charge in [-0.1, -0.05) is 18.2 Å². The number of nitrogens with zero attached hydrogens (tertiary/aromatic N) is 3. The molecule has 1 heterocycles. The van der Waals surface area contributed by atoms with Crippen molar-refractivity contribution in [2.75, 3.05) is 70.3 Å². The minimum Gasteiger partial charge on any atom is -0.495 e. The lowest BCUT2D eigenvalue weighted by atomic mass is 10.1. The lowest BCUT2D eigenvalue weighted by Crippen LogP contribution is -2.51. The number of anilines is 2. The Morgan fingerprint density at radius 2 is 1.38 bits per heavy atom. The van der Waals surface area contributed by atoms with Gasteiger partial charge in [-0.15, -0.1) is 0 Å². The maximum absolute atomic E-state index is 13.8. The van der Waals surface area contributed by atoms with E-state index in [0.29, 0.717) is 98.3 Å². The summed E-state index contributed by atoms with van der Waals surface area (Å²) in [5, 5.41) is 5.56. The van der Waals surface area contributed by atoms with Gasteiger partial charge in [-0.05, 0) is 122 Å². The summed E-state index contributed by atoms with van der Waals surface area (Å²) in [4.78, 5) is 69.3. The highest BCUT2D eigenvalue weighted by molar-refractivity contribution is 6.09. The second-order valence-corrected chi connectivity index (χ2v) is 16.8. The number of nitrogens with one attached hydrogen (secondary N) is 2. The summed E-state index contributed by atoms with van der Waals surface area (Å²) < 4.78 is 28.4. The van der Waals surface area contributed by atoms with E-state index in [1.54, 1.807) is 80.1 Å². The first kappa shape index (κ1) is 47.7. The largest absolute Gasteiger partial charge is 0.495 e. The molecule has 1 aliphatic heterocycles. The van der Waals surface area contributed by atoms with Gasteiger partial charge >= 0.3 is 12.2 Å². The first-order valence-electron chi connectivity index (χ1n) is 20.8. The number of hydrogen-bond acceptors (Lipinski definition) is 10. The summed E-state index contributed by atoms with van der Waals surface area (Å²) in [5.74, 6) is 0.564. The van der Waals surface area contributed by atoms with E-state index in [2.05, 4.69) is 10.6 Å². The maximum Gasteiger partial charge on any atom is 0.410 e. The van der Waals surface area contributed by atoms with Crippen LogP contribution >= 0.6 is 0 Å². The van der Waals surface area contributed by atoms with E-state index in [1.165, 1.54) is 12.0 Å². The lowest BCUT2D eigenvalue weighted by Gasteiger charge is -2.35. The zero-order valence-electron chi connectivity index (χ0n) is 37.2. The number of piperazine rings is 1. The predicted octanol–water partition coefficient (Wildman–Crippen LogP) is 7.84. The molecule has 5 amide bonds. The zero-order chi connectivity index (χ0) is 44.7. The number of unbranched alkanes of at least 4 members (excludes halogenated alkanes) is 2. The molecule has 332 valence electrons. The zero-order valence-corrected chi connectivity index (χ0v) is 37.2.